The molecule has 0 radical (unpaired) electrons. The van der Waals surface area contributed by atoms with E-state index in [1.807, 2.05) is 16.7 Å². The molecule has 0 bridgehead atoms. The third-order valence-corrected chi connectivity index (χ3v) is 5.35. The van der Waals surface area contributed by atoms with Gasteiger partial charge in [-0.25, -0.2) is 0 Å². The van der Waals surface area contributed by atoms with Crippen LogP contribution in [-0.2, 0) is 4.79 Å². The van der Waals surface area contributed by atoms with Gasteiger partial charge >= 0.3 is 0 Å². The molecule has 100 valence electrons. The highest BCUT2D eigenvalue weighted by Gasteiger charge is 2.19. The molecular formula is C13H20N2OS2. The summed E-state index contributed by atoms with van der Waals surface area (Å²) in [5, 5.41) is 5.71. The molecule has 18 heavy (non-hydrogen) atoms. The standard InChI is InChI=1S/C13H20N2OS2/c1-11(16)15-7-4-12(5-8-15)14-6-10-18-13-3-2-9-17-13/h2-3,9,12,14H,4-8,10H2,1H3. The topological polar surface area (TPSA) is 32.3 Å². The highest BCUT2D eigenvalue weighted by atomic mass is 32.2. The van der Waals surface area contributed by atoms with Gasteiger partial charge in [-0.15, -0.1) is 23.1 Å². The zero-order valence-corrected chi connectivity index (χ0v) is 12.4. The number of nitrogens with one attached hydrogen (secondary N) is 1. The van der Waals surface area contributed by atoms with Crippen LogP contribution in [0.5, 0.6) is 0 Å². The average Bonchev–Trinajstić information content (AvgIpc) is 2.88. The summed E-state index contributed by atoms with van der Waals surface area (Å²) in [4.78, 5) is 13.1. The van der Waals surface area contributed by atoms with E-state index in [-0.39, 0.29) is 5.91 Å². The van der Waals surface area contributed by atoms with Crippen LogP contribution in [0, 0.1) is 0 Å². The van der Waals surface area contributed by atoms with Crippen LogP contribution in [0.1, 0.15) is 19.8 Å². The second kappa shape index (κ2) is 7.16. The van der Waals surface area contributed by atoms with Crippen LogP contribution in [0.3, 0.4) is 0 Å². The predicted molar refractivity (Wildman–Crippen MR) is 78.3 cm³/mol. The van der Waals surface area contributed by atoms with Crippen LogP contribution in [-0.4, -0.2) is 42.2 Å². The summed E-state index contributed by atoms with van der Waals surface area (Å²) >= 11 is 3.72. The van der Waals surface area contributed by atoms with E-state index in [1.54, 1.807) is 18.3 Å². The van der Waals surface area contributed by atoms with Crippen LogP contribution >= 0.6 is 23.1 Å². The SMILES string of the molecule is CC(=O)N1CCC(NCCSc2cccs2)CC1. The number of carbonyl (C=O) groups is 1. The fourth-order valence-electron chi connectivity index (χ4n) is 2.16. The van der Waals surface area contributed by atoms with Gasteiger partial charge in [0.1, 0.15) is 0 Å². The Balaban J connectivity index is 1.57. The number of amides is 1. The Kier molecular flexibility index (Phi) is 5.53. The van der Waals surface area contributed by atoms with E-state index in [0.29, 0.717) is 6.04 Å². The van der Waals surface area contributed by atoms with E-state index in [0.717, 1.165) is 38.2 Å². The lowest BCUT2D eigenvalue weighted by atomic mass is 10.1. The molecule has 0 aromatic carbocycles. The third-order valence-electron chi connectivity index (χ3n) is 3.21. The number of nitrogens with zero attached hydrogens (tertiary/aromatic N) is 1. The van der Waals surface area contributed by atoms with Gasteiger partial charge in [0.05, 0.1) is 4.21 Å². The summed E-state index contributed by atoms with van der Waals surface area (Å²) in [6, 6.07) is 4.85. The largest absolute Gasteiger partial charge is 0.343 e. The Morgan fingerprint density at radius 3 is 2.94 bits per heavy atom. The molecular weight excluding hydrogens is 264 g/mol. The molecule has 1 aromatic heterocycles. The van der Waals surface area contributed by atoms with Gasteiger partial charge in [0.25, 0.3) is 0 Å². The van der Waals surface area contributed by atoms with Crippen molar-refractivity contribution in [1.82, 2.24) is 10.2 Å². The van der Waals surface area contributed by atoms with Crippen molar-refractivity contribution in [3.05, 3.63) is 17.5 Å². The van der Waals surface area contributed by atoms with Gasteiger partial charge < -0.3 is 10.2 Å². The van der Waals surface area contributed by atoms with Crippen molar-refractivity contribution in [2.75, 3.05) is 25.4 Å². The highest BCUT2D eigenvalue weighted by molar-refractivity contribution is 8.01. The number of hydrogen-bond donors (Lipinski definition) is 1. The van der Waals surface area contributed by atoms with E-state index in [9.17, 15) is 4.79 Å². The maximum absolute atomic E-state index is 11.2. The summed E-state index contributed by atoms with van der Waals surface area (Å²) in [5.41, 5.74) is 0. The quantitative estimate of drug-likeness (QED) is 0.666. The van der Waals surface area contributed by atoms with Crippen molar-refractivity contribution in [2.45, 2.75) is 30.0 Å². The van der Waals surface area contributed by atoms with Crippen LogP contribution in [0.15, 0.2) is 21.7 Å². The van der Waals surface area contributed by atoms with Crippen molar-refractivity contribution >= 4 is 29.0 Å². The second-order valence-corrected chi connectivity index (χ2v) is 6.86. The average molecular weight is 284 g/mol. The van der Waals surface area contributed by atoms with Crippen molar-refractivity contribution in [2.24, 2.45) is 0 Å². The molecule has 5 heteroatoms. The first-order chi connectivity index (χ1) is 8.75. The molecule has 3 nitrogen and oxygen atoms in total. The normalized spacial score (nSPS) is 17.1. The van der Waals surface area contributed by atoms with E-state index >= 15 is 0 Å². The lowest BCUT2D eigenvalue weighted by molar-refractivity contribution is -0.129. The number of thiophene rings is 1. The molecule has 0 saturated carbocycles. The van der Waals surface area contributed by atoms with E-state index in [2.05, 4.69) is 22.8 Å². The first-order valence-electron chi connectivity index (χ1n) is 6.41. The molecule has 1 aliphatic heterocycles. The van der Waals surface area contributed by atoms with Gasteiger partial charge in [0, 0.05) is 38.4 Å². The van der Waals surface area contributed by atoms with Crippen molar-refractivity contribution in [1.29, 1.82) is 0 Å². The molecule has 1 aliphatic rings. The highest BCUT2D eigenvalue weighted by Crippen LogP contribution is 2.22. The molecule has 0 unspecified atom stereocenters. The lowest BCUT2D eigenvalue weighted by Crippen LogP contribution is -2.44. The minimum Gasteiger partial charge on any atom is -0.343 e. The van der Waals surface area contributed by atoms with E-state index < -0.39 is 0 Å². The van der Waals surface area contributed by atoms with Crippen molar-refractivity contribution in [3.63, 3.8) is 0 Å². The van der Waals surface area contributed by atoms with Gasteiger partial charge in [-0.2, -0.15) is 0 Å². The molecule has 2 heterocycles. The van der Waals surface area contributed by atoms with Crippen LogP contribution in [0.25, 0.3) is 0 Å². The van der Waals surface area contributed by atoms with E-state index in [1.165, 1.54) is 4.21 Å². The van der Waals surface area contributed by atoms with Crippen LogP contribution < -0.4 is 5.32 Å². The summed E-state index contributed by atoms with van der Waals surface area (Å²) in [7, 11) is 0. The number of rotatable bonds is 5. The Hall–Kier alpha value is -0.520. The number of thioether (sulfide) groups is 1. The Bertz CT molecular complexity index is 359. The monoisotopic (exact) mass is 284 g/mol. The Morgan fingerprint density at radius 1 is 1.56 bits per heavy atom. The molecule has 1 aromatic rings. The first-order valence-corrected chi connectivity index (χ1v) is 8.27. The summed E-state index contributed by atoms with van der Waals surface area (Å²) in [5.74, 6) is 1.33. The molecule has 1 N–H and O–H groups in total. The number of piperidine rings is 1. The van der Waals surface area contributed by atoms with Crippen molar-refractivity contribution in [3.8, 4) is 0 Å². The molecule has 1 saturated heterocycles. The predicted octanol–water partition coefficient (Wildman–Crippen LogP) is 2.44. The molecule has 0 atom stereocenters. The molecule has 1 amide bonds. The summed E-state index contributed by atoms with van der Waals surface area (Å²) < 4.78 is 1.39. The maximum Gasteiger partial charge on any atom is 0.219 e. The van der Waals surface area contributed by atoms with Crippen LogP contribution in [0.4, 0.5) is 0 Å². The summed E-state index contributed by atoms with van der Waals surface area (Å²) in [6.07, 6.45) is 2.17. The molecule has 2 rings (SSSR count). The van der Waals surface area contributed by atoms with E-state index in [4.69, 9.17) is 0 Å². The Labute approximate surface area is 117 Å². The van der Waals surface area contributed by atoms with Crippen LogP contribution in [0.2, 0.25) is 0 Å². The zero-order valence-electron chi connectivity index (χ0n) is 10.7. The summed E-state index contributed by atoms with van der Waals surface area (Å²) in [6.45, 7) is 4.52. The van der Waals surface area contributed by atoms with Gasteiger partial charge in [-0.05, 0) is 24.3 Å². The van der Waals surface area contributed by atoms with Crippen molar-refractivity contribution < 1.29 is 4.79 Å². The van der Waals surface area contributed by atoms with Gasteiger partial charge in [0.2, 0.25) is 5.91 Å². The minimum atomic E-state index is 0.210. The molecule has 1 fully saturated rings. The number of likely N-dealkylation sites (tertiary alicyclic amines) is 1. The first kappa shape index (κ1) is 13.9. The van der Waals surface area contributed by atoms with Gasteiger partial charge in [-0.3, -0.25) is 4.79 Å². The third kappa shape index (κ3) is 4.30. The molecule has 0 aliphatic carbocycles. The number of hydrogen-bond acceptors (Lipinski definition) is 4. The molecule has 0 spiro atoms. The fourth-order valence-corrected chi connectivity index (χ4v) is 3.89. The zero-order chi connectivity index (χ0) is 12.8. The smallest absolute Gasteiger partial charge is 0.219 e. The van der Waals surface area contributed by atoms with Gasteiger partial charge in [0.15, 0.2) is 0 Å². The maximum atomic E-state index is 11.2. The second-order valence-electron chi connectivity index (χ2n) is 4.52. The number of carbonyl (C=O) groups excluding carboxylic acids is 1. The minimum absolute atomic E-state index is 0.210. The lowest BCUT2D eigenvalue weighted by Gasteiger charge is -2.31. The van der Waals surface area contributed by atoms with Gasteiger partial charge in [-0.1, -0.05) is 6.07 Å². The fraction of sp³-hybridized carbons (Fsp3) is 0.615. The Morgan fingerprint density at radius 2 is 2.33 bits per heavy atom.